The van der Waals surface area contributed by atoms with Crippen LogP contribution in [-0.4, -0.2) is 51.0 Å². The molecule has 1 aliphatic heterocycles. The Morgan fingerprint density at radius 1 is 1.00 bits per heavy atom. The Morgan fingerprint density at radius 2 is 1.58 bits per heavy atom. The minimum Gasteiger partial charge on any atom is -0.304 e. The molecule has 7 heteroatoms. The number of hydrogen-bond donors (Lipinski definition) is 0. The normalized spacial score (nSPS) is 16.9. The average Bonchev–Trinajstić information content (AvgIpc) is 2.79. The first kappa shape index (κ1) is 23.9. The summed E-state index contributed by atoms with van der Waals surface area (Å²) in [7, 11) is 0. The van der Waals surface area contributed by atoms with Crippen molar-refractivity contribution in [3.05, 3.63) is 78.0 Å². The second kappa shape index (κ2) is 10.3. The molecule has 0 N–H and O–H groups in total. The van der Waals surface area contributed by atoms with Gasteiger partial charge in [-0.2, -0.15) is 0 Å². The van der Waals surface area contributed by atoms with E-state index in [1.807, 2.05) is 62.4 Å². The number of rotatable bonds is 7. The lowest BCUT2D eigenvalue weighted by Gasteiger charge is -2.46. The van der Waals surface area contributed by atoms with Gasteiger partial charge in [-0.15, -0.1) is 0 Å². The van der Waals surface area contributed by atoms with Crippen molar-refractivity contribution in [2.24, 2.45) is 5.92 Å². The molecule has 1 unspecified atom stereocenters. The van der Waals surface area contributed by atoms with Crippen molar-refractivity contribution in [2.45, 2.75) is 46.2 Å². The molecular formula is C26H29N3O4. The lowest BCUT2D eigenvalue weighted by Crippen LogP contribution is -2.62. The summed E-state index contributed by atoms with van der Waals surface area (Å²) in [5.41, 5.74) is 1.87. The lowest BCUT2D eigenvalue weighted by atomic mass is 9.97. The summed E-state index contributed by atoms with van der Waals surface area (Å²) in [6.07, 6.45) is 2.54. The summed E-state index contributed by atoms with van der Waals surface area (Å²) in [5, 5.41) is 2.50. The molecule has 7 nitrogen and oxygen atoms in total. The molecule has 33 heavy (non-hydrogen) atoms. The van der Waals surface area contributed by atoms with Gasteiger partial charge in [-0.1, -0.05) is 74.5 Å². The van der Waals surface area contributed by atoms with Crippen LogP contribution in [0.25, 0.3) is 5.70 Å². The van der Waals surface area contributed by atoms with Gasteiger partial charge in [-0.05, 0) is 11.5 Å². The molecule has 2 aromatic carbocycles. The summed E-state index contributed by atoms with van der Waals surface area (Å²) < 4.78 is 0. The fraction of sp³-hybridized carbons (Fsp3) is 0.308. The van der Waals surface area contributed by atoms with Crippen molar-refractivity contribution >= 4 is 29.7 Å². The third-order valence-electron chi connectivity index (χ3n) is 5.61. The maximum absolute atomic E-state index is 13.9. The molecule has 0 aromatic heterocycles. The fourth-order valence-electron chi connectivity index (χ4n) is 4.12. The zero-order valence-corrected chi connectivity index (χ0v) is 19.3. The SMILES string of the molecule is CC(=O)N1C=C(c2ccccc2)N(N(C(C)=O)[C@H](C=O)Cc2ccccc2)C(=O)C1C(C)C. The van der Waals surface area contributed by atoms with Crippen molar-refractivity contribution in [1.82, 2.24) is 14.9 Å². The highest BCUT2D eigenvalue weighted by Gasteiger charge is 2.44. The van der Waals surface area contributed by atoms with Crippen LogP contribution in [0.4, 0.5) is 0 Å². The topological polar surface area (TPSA) is 78.0 Å². The summed E-state index contributed by atoms with van der Waals surface area (Å²) in [5.74, 6) is -1.37. The van der Waals surface area contributed by atoms with E-state index in [9.17, 15) is 19.2 Å². The second-order valence-electron chi connectivity index (χ2n) is 8.40. The molecule has 0 radical (unpaired) electrons. The molecule has 0 aliphatic carbocycles. The number of benzene rings is 2. The highest BCUT2D eigenvalue weighted by atomic mass is 16.2. The predicted molar refractivity (Wildman–Crippen MR) is 125 cm³/mol. The van der Waals surface area contributed by atoms with Gasteiger partial charge in [0.15, 0.2) is 0 Å². The highest BCUT2D eigenvalue weighted by Crippen LogP contribution is 2.32. The van der Waals surface area contributed by atoms with E-state index in [-0.39, 0.29) is 18.2 Å². The number of aldehydes is 1. The van der Waals surface area contributed by atoms with Gasteiger partial charge in [0.25, 0.3) is 5.91 Å². The smallest absolute Gasteiger partial charge is 0.269 e. The van der Waals surface area contributed by atoms with E-state index in [1.165, 1.54) is 28.8 Å². The third kappa shape index (κ3) is 5.03. The monoisotopic (exact) mass is 447 g/mol. The van der Waals surface area contributed by atoms with Crippen molar-refractivity contribution < 1.29 is 19.2 Å². The van der Waals surface area contributed by atoms with Crippen LogP contribution in [0.1, 0.15) is 38.8 Å². The van der Waals surface area contributed by atoms with Gasteiger partial charge >= 0.3 is 0 Å². The Hall–Kier alpha value is -3.74. The van der Waals surface area contributed by atoms with Crippen molar-refractivity contribution in [3.8, 4) is 0 Å². The minimum absolute atomic E-state index is 0.213. The van der Waals surface area contributed by atoms with Crippen LogP contribution in [0.2, 0.25) is 0 Å². The maximum atomic E-state index is 13.9. The van der Waals surface area contributed by atoms with Gasteiger partial charge in [0.1, 0.15) is 18.4 Å². The van der Waals surface area contributed by atoms with Crippen LogP contribution < -0.4 is 0 Å². The van der Waals surface area contributed by atoms with Crippen molar-refractivity contribution in [1.29, 1.82) is 0 Å². The molecule has 1 aliphatic rings. The molecule has 1 heterocycles. The molecular weight excluding hydrogens is 418 g/mol. The van der Waals surface area contributed by atoms with Gasteiger partial charge in [0.05, 0.1) is 5.70 Å². The Kier molecular flexibility index (Phi) is 7.43. The minimum atomic E-state index is -0.905. The molecule has 0 saturated carbocycles. The Bertz CT molecular complexity index is 1050. The van der Waals surface area contributed by atoms with Crippen LogP contribution in [0.5, 0.6) is 0 Å². The molecule has 172 valence electrons. The van der Waals surface area contributed by atoms with Gasteiger partial charge < -0.3 is 9.69 Å². The lowest BCUT2D eigenvalue weighted by molar-refractivity contribution is -0.167. The predicted octanol–water partition coefficient (Wildman–Crippen LogP) is 3.27. The molecule has 0 spiro atoms. The van der Waals surface area contributed by atoms with E-state index in [0.29, 0.717) is 17.5 Å². The van der Waals surface area contributed by atoms with Gasteiger partial charge in [-0.3, -0.25) is 14.4 Å². The number of hydrazine groups is 1. The number of amides is 3. The third-order valence-corrected chi connectivity index (χ3v) is 5.61. The van der Waals surface area contributed by atoms with Crippen LogP contribution in [0.3, 0.4) is 0 Å². The summed E-state index contributed by atoms with van der Waals surface area (Å²) in [4.78, 5) is 52.9. The number of nitrogens with zero attached hydrogens (tertiary/aromatic N) is 3. The zero-order chi connectivity index (χ0) is 24.1. The zero-order valence-electron chi connectivity index (χ0n) is 19.3. The van der Waals surface area contributed by atoms with Gasteiger partial charge in [0.2, 0.25) is 11.8 Å². The summed E-state index contributed by atoms with van der Waals surface area (Å²) >= 11 is 0. The van der Waals surface area contributed by atoms with Crippen molar-refractivity contribution in [2.75, 3.05) is 0 Å². The largest absolute Gasteiger partial charge is 0.304 e. The summed E-state index contributed by atoms with van der Waals surface area (Å²) in [6, 6.07) is 16.7. The number of hydrogen-bond acceptors (Lipinski definition) is 4. The maximum Gasteiger partial charge on any atom is 0.269 e. The van der Waals surface area contributed by atoms with Crippen LogP contribution in [-0.2, 0) is 25.6 Å². The molecule has 2 atom stereocenters. The van der Waals surface area contributed by atoms with E-state index in [0.717, 1.165) is 5.56 Å². The first-order chi connectivity index (χ1) is 15.8. The first-order valence-electron chi connectivity index (χ1n) is 10.9. The van der Waals surface area contributed by atoms with Crippen molar-refractivity contribution in [3.63, 3.8) is 0 Å². The molecule has 0 saturated heterocycles. The van der Waals surface area contributed by atoms with Crippen LogP contribution >= 0.6 is 0 Å². The number of carbonyl (C=O) groups excluding carboxylic acids is 4. The molecule has 0 fully saturated rings. The fourth-order valence-corrected chi connectivity index (χ4v) is 4.12. The van der Waals surface area contributed by atoms with E-state index < -0.39 is 23.9 Å². The number of carbonyl (C=O) groups is 4. The molecule has 3 rings (SSSR count). The van der Waals surface area contributed by atoms with Gasteiger partial charge in [0, 0.05) is 32.0 Å². The summed E-state index contributed by atoms with van der Waals surface area (Å²) in [6.45, 7) is 6.43. The van der Waals surface area contributed by atoms with Crippen LogP contribution in [0, 0.1) is 5.92 Å². The van der Waals surface area contributed by atoms with E-state index in [1.54, 1.807) is 18.3 Å². The van der Waals surface area contributed by atoms with E-state index >= 15 is 0 Å². The standard InChI is InChI=1S/C26H29N3O4/c1-18(2)25-26(33)29(24(16-27(25)19(3)31)22-13-9-6-10-14-22)28(20(4)32)23(17-30)15-21-11-7-5-8-12-21/h5-14,16-18,23,25H,15H2,1-4H3/t23-,25?/m0/s1. The molecule has 2 aromatic rings. The second-order valence-corrected chi connectivity index (χ2v) is 8.40. The van der Waals surface area contributed by atoms with E-state index in [2.05, 4.69) is 0 Å². The van der Waals surface area contributed by atoms with E-state index in [4.69, 9.17) is 0 Å². The Morgan fingerprint density at radius 3 is 2.06 bits per heavy atom. The highest BCUT2D eigenvalue weighted by molar-refractivity contribution is 5.98. The Labute approximate surface area is 194 Å². The quantitative estimate of drug-likeness (QED) is 0.611. The van der Waals surface area contributed by atoms with Gasteiger partial charge in [-0.25, -0.2) is 10.0 Å². The van der Waals surface area contributed by atoms with Crippen LogP contribution in [0.15, 0.2) is 66.9 Å². The first-order valence-corrected chi connectivity index (χ1v) is 10.9. The molecule has 0 bridgehead atoms. The average molecular weight is 448 g/mol. The molecule has 3 amide bonds. The Balaban J connectivity index is 2.17.